The maximum atomic E-state index is 13.3. The SMILES string of the molecule is Cc1nc(CN(C)Cc2cc(F)cc(C#N)c2)cs1. The van der Waals surface area contributed by atoms with Gasteiger partial charge in [0.15, 0.2) is 0 Å². The molecule has 0 amide bonds. The summed E-state index contributed by atoms with van der Waals surface area (Å²) in [6.07, 6.45) is 0. The first kappa shape index (κ1) is 13.7. The average Bonchev–Trinajstić information content (AvgIpc) is 2.73. The molecule has 0 radical (unpaired) electrons. The van der Waals surface area contributed by atoms with Gasteiger partial charge >= 0.3 is 0 Å². The molecule has 2 rings (SSSR count). The van der Waals surface area contributed by atoms with Crippen molar-refractivity contribution < 1.29 is 4.39 Å². The van der Waals surface area contributed by atoms with Crippen LogP contribution >= 0.6 is 11.3 Å². The molecule has 0 saturated heterocycles. The maximum absolute atomic E-state index is 13.3. The van der Waals surface area contributed by atoms with E-state index in [4.69, 9.17) is 5.26 Å². The number of hydrogen-bond acceptors (Lipinski definition) is 4. The Balaban J connectivity index is 2.04. The van der Waals surface area contributed by atoms with Gasteiger partial charge in [0.25, 0.3) is 0 Å². The van der Waals surface area contributed by atoms with E-state index in [1.165, 1.54) is 12.1 Å². The Hall–Kier alpha value is -1.77. The van der Waals surface area contributed by atoms with Crippen LogP contribution in [0.5, 0.6) is 0 Å². The predicted octanol–water partition coefficient (Wildman–Crippen LogP) is 3.09. The third-order valence-electron chi connectivity index (χ3n) is 2.64. The molecule has 0 bridgehead atoms. The Bertz CT molecular complexity index is 615. The topological polar surface area (TPSA) is 39.9 Å². The van der Waals surface area contributed by atoms with Crippen LogP contribution in [0.15, 0.2) is 23.6 Å². The summed E-state index contributed by atoms with van der Waals surface area (Å²) >= 11 is 1.62. The molecule has 0 spiro atoms. The molecule has 1 aromatic carbocycles. The number of aromatic nitrogens is 1. The van der Waals surface area contributed by atoms with Crippen LogP contribution in [0, 0.1) is 24.1 Å². The van der Waals surface area contributed by atoms with Crippen molar-refractivity contribution in [3.05, 3.63) is 51.2 Å². The van der Waals surface area contributed by atoms with E-state index in [9.17, 15) is 4.39 Å². The molecule has 1 heterocycles. The van der Waals surface area contributed by atoms with Gasteiger partial charge in [-0.1, -0.05) is 0 Å². The standard InChI is InChI=1S/C14H14FN3S/c1-10-17-14(9-19-10)8-18(2)7-12-3-11(6-16)4-13(15)5-12/h3-5,9H,7-8H2,1-2H3. The second-order valence-electron chi connectivity index (χ2n) is 4.49. The average molecular weight is 275 g/mol. The van der Waals surface area contributed by atoms with Crippen molar-refractivity contribution >= 4 is 11.3 Å². The number of rotatable bonds is 4. The summed E-state index contributed by atoms with van der Waals surface area (Å²) in [4.78, 5) is 6.44. The maximum Gasteiger partial charge on any atom is 0.124 e. The lowest BCUT2D eigenvalue weighted by atomic mass is 10.1. The number of aryl methyl sites for hydroxylation is 1. The molecular formula is C14H14FN3S. The first-order valence-electron chi connectivity index (χ1n) is 5.86. The lowest BCUT2D eigenvalue weighted by Crippen LogP contribution is -2.17. The summed E-state index contributed by atoms with van der Waals surface area (Å²) in [7, 11) is 1.95. The quantitative estimate of drug-likeness (QED) is 0.860. The second-order valence-corrected chi connectivity index (χ2v) is 5.55. The third kappa shape index (κ3) is 3.85. The number of hydrogen-bond donors (Lipinski definition) is 0. The van der Waals surface area contributed by atoms with E-state index in [1.54, 1.807) is 17.4 Å². The smallest absolute Gasteiger partial charge is 0.124 e. The molecule has 1 aromatic heterocycles. The summed E-state index contributed by atoms with van der Waals surface area (Å²) in [5.74, 6) is -0.369. The number of thiazole rings is 1. The lowest BCUT2D eigenvalue weighted by molar-refractivity contribution is 0.315. The van der Waals surface area contributed by atoms with E-state index in [-0.39, 0.29) is 5.82 Å². The minimum Gasteiger partial charge on any atom is -0.296 e. The van der Waals surface area contributed by atoms with Gasteiger partial charge < -0.3 is 0 Å². The third-order valence-corrected chi connectivity index (χ3v) is 3.46. The highest BCUT2D eigenvalue weighted by atomic mass is 32.1. The molecule has 0 saturated carbocycles. The molecule has 98 valence electrons. The van der Waals surface area contributed by atoms with Crippen LogP contribution in [-0.2, 0) is 13.1 Å². The van der Waals surface area contributed by atoms with Gasteiger partial charge in [0.05, 0.1) is 22.3 Å². The van der Waals surface area contributed by atoms with Gasteiger partial charge in [-0.05, 0) is 37.7 Å². The van der Waals surface area contributed by atoms with Crippen LogP contribution in [-0.4, -0.2) is 16.9 Å². The molecule has 0 unspecified atom stereocenters. The molecule has 2 aromatic rings. The van der Waals surface area contributed by atoms with Gasteiger partial charge in [0.1, 0.15) is 5.82 Å². The first-order chi connectivity index (χ1) is 9.06. The Morgan fingerprint density at radius 3 is 2.79 bits per heavy atom. The Morgan fingerprint density at radius 2 is 2.16 bits per heavy atom. The Labute approximate surface area is 115 Å². The summed E-state index contributed by atoms with van der Waals surface area (Å²) in [5, 5.41) is 11.9. The molecule has 0 atom stereocenters. The van der Waals surface area contributed by atoms with Crippen LogP contribution in [0.1, 0.15) is 21.8 Å². The van der Waals surface area contributed by atoms with Crippen molar-refractivity contribution in [2.24, 2.45) is 0 Å². The number of nitrogens with zero attached hydrogens (tertiary/aromatic N) is 3. The Kier molecular flexibility index (Phi) is 4.25. The highest BCUT2D eigenvalue weighted by molar-refractivity contribution is 7.09. The van der Waals surface area contributed by atoms with E-state index in [0.717, 1.165) is 16.3 Å². The molecule has 3 nitrogen and oxygen atoms in total. The van der Waals surface area contributed by atoms with Gasteiger partial charge in [-0.25, -0.2) is 9.37 Å². The zero-order valence-electron chi connectivity index (χ0n) is 10.9. The monoisotopic (exact) mass is 275 g/mol. The molecule has 19 heavy (non-hydrogen) atoms. The van der Waals surface area contributed by atoms with Crippen molar-refractivity contribution in [3.63, 3.8) is 0 Å². The van der Waals surface area contributed by atoms with Gasteiger partial charge in [-0.15, -0.1) is 11.3 Å². The highest BCUT2D eigenvalue weighted by Crippen LogP contribution is 2.14. The summed E-state index contributed by atoms with van der Waals surface area (Å²) in [6, 6.07) is 6.38. The van der Waals surface area contributed by atoms with E-state index >= 15 is 0 Å². The van der Waals surface area contributed by atoms with Crippen LogP contribution in [0.4, 0.5) is 4.39 Å². The predicted molar refractivity (Wildman–Crippen MR) is 73.1 cm³/mol. The van der Waals surface area contributed by atoms with Gasteiger partial charge in [0, 0.05) is 18.5 Å². The minimum absolute atomic E-state index is 0.355. The second kappa shape index (κ2) is 5.91. The number of benzene rings is 1. The zero-order valence-corrected chi connectivity index (χ0v) is 11.7. The lowest BCUT2D eigenvalue weighted by Gasteiger charge is -2.15. The summed E-state index contributed by atoms with van der Waals surface area (Å²) in [5.41, 5.74) is 2.17. The van der Waals surface area contributed by atoms with E-state index in [0.29, 0.717) is 18.7 Å². The van der Waals surface area contributed by atoms with Gasteiger partial charge in [0.2, 0.25) is 0 Å². The van der Waals surface area contributed by atoms with Crippen LogP contribution < -0.4 is 0 Å². The summed E-state index contributed by atoms with van der Waals surface area (Å²) < 4.78 is 13.3. The van der Waals surface area contributed by atoms with Crippen molar-refractivity contribution in [1.29, 1.82) is 5.26 Å². The molecule has 0 aliphatic heterocycles. The fraction of sp³-hybridized carbons (Fsp3) is 0.286. The van der Waals surface area contributed by atoms with Crippen LogP contribution in [0.25, 0.3) is 0 Å². The highest BCUT2D eigenvalue weighted by Gasteiger charge is 2.06. The fourth-order valence-electron chi connectivity index (χ4n) is 1.93. The Morgan fingerprint density at radius 1 is 1.37 bits per heavy atom. The molecule has 0 N–H and O–H groups in total. The fourth-order valence-corrected chi connectivity index (χ4v) is 2.54. The normalized spacial score (nSPS) is 10.7. The number of halogens is 1. The van der Waals surface area contributed by atoms with Crippen molar-refractivity contribution in [3.8, 4) is 6.07 Å². The van der Waals surface area contributed by atoms with Gasteiger partial charge in [-0.2, -0.15) is 5.26 Å². The molecule has 5 heteroatoms. The zero-order chi connectivity index (χ0) is 13.8. The van der Waals surface area contributed by atoms with Crippen molar-refractivity contribution in [2.75, 3.05) is 7.05 Å². The minimum atomic E-state index is -0.369. The van der Waals surface area contributed by atoms with Crippen molar-refractivity contribution in [1.82, 2.24) is 9.88 Å². The van der Waals surface area contributed by atoms with Gasteiger partial charge in [-0.3, -0.25) is 4.90 Å². The molecular weight excluding hydrogens is 261 g/mol. The number of nitriles is 1. The van der Waals surface area contributed by atoms with E-state index in [2.05, 4.69) is 4.98 Å². The molecule has 0 aliphatic carbocycles. The first-order valence-corrected chi connectivity index (χ1v) is 6.74. The largest absolute Gasteiger partial charge is 0.296 e. The molecule has 0 fully saturated rings. The van der Waals surface area contributed by atoms with Crippen LogP contribution in [0.3, 0.4) is 0 Å². The van der Waals surface area contributed by atoms with Crippen LogP contribution in [0.2, 0.25) is 0 Å². The van der Waals surface area contributed by atoms with E-state index in [1.807, 2.05) is 30.3 Å². The van der Waals surface area contributed by atoms with Crippen molar-refractivity contribution in [2.45, 2.75) is 20.0 Å². The summed E-state index contributed by atoms with van der Waals surface area (Å²) in [6.45, 7) is 3.27. The molecule has 0 aliphatic rings. The van der Waals surface area contributed by atoms with E-state index < -0.39 is 0 Å².